The summed E-state index contributed by atoms with van der Waals surface area (Å²) in [5.41, 5.74) is 1.65. The lowest BCUT2D eigenvalue weighted by atomic mass is 9.71. The summed E-state index contributed by atoms with van der Waals surface area (Å²) in [6.07, 6.45) is 12.7. The molecule has 1 unspecified atom stereocenters. The summed E-state index contributed by atoms with van der Waals surface area (Å²) in [5, 5.41) is 0. The third kappa shape index (κ3) is 2.40. The van der Waals surface area contributed by atoms with Crippen molar-refractivity contribution in [3.63, 3.8) is 0 Å². The lowest BCUT2D eigenvalue weighted by molar-refractivity contribution is 0.198. The Bertz CT molecular complexity index is 206. The average molecular weight is 192 g/mol. The minimum Gasteiger partial charge on any atom is -0.0856 e. The molecule has 0 heterocycles. The van der Waals surface area contributed by atoms with E-state index >= 15 is 0 Å². The van der Waals surface area contributed by atoms with Gasteiger partial charge in [-0.25, -0.2) is 0 Å². The molecule has 80 valence electrons. The molecule has 0 spiro atoms. The van der Waals surface area contributed by atoms with Gasteiger partial charge in [0.1, 0.15) is 0 Å². The quantitative estimate of drug-likeness (QED) is 0.534. The monoisotopic (exact) mass is 192 g/mol. The third-order valence-electron chi connectivity index (χ3n) is 4.34. The van der Waals surface area contributed by atoms with Gasteiger partial charge in [-0.05, 0) is 56.8 Å². The first-order valence-corrected chi connectivity index (χ1v) is 6.41. The maximum absolute atomic E-state index is 2.45. The second-order valence-corrected chi connectivity index (χ2v) is 5.61. The third-order valence-corrected chi connectivity index (χ3v) is 4.34. The van der Waals surface area contributed by atoms with Gasteiger partial charge in [0.15, 0.2) is 0 Å². The highest BCUT2D eigenvalue weighted by molar-refractivity contribution is 5.04. The van der Waals surface area contributed by atoms with Gasteiger partial charge in [-0.1, -0.05) is 31.4 Å². The van der Waals surface area contributed by atoms with E-state index in [0.29, 0.717) is 0 Å². The molecule has 2 aliphatic rings. The van der Waals surface area contributed by atoms with Gasteiger partial charge in [-0.2, -0.15) is 0 Å². The van der Waals surface area contributed by atoms with Gasteiger partial charge in [0.05, 0.1) is 0 Å². The molecule has 0 nitrogen and oxygen atoms in total. The summed E-state index contributed by atoms with van der Waals surface area (Å²) < 4.78 is 0. The number of allylic oxidation sites excluding steroid dienone is 2. The van der Waals surface area contributed by atoms with Crippen LogP contribution in [0.5, 0.6) is 0 Å². The number of rotatable bonds is 1. The molecule has 0 bridgehead atoms. The van der Waals surface area contributed by atoms with Crippen molar-refractivity contribution in [1.82, 2.24) is 0 Å². The Labute approximate surface area is 88.8 Å². The normalized spacial score (nSPS) is 39.3. The standard InChI is InChI=1S/C14H24/c1-11-6-8-13(9-7-11)14-5-3-4-12(2)10-14/h4,11,13-14H,3,5-10H2,1-2H3. The van der Waals surface area contributed by atoms with Crippen molar-refractivity contribution in [3.8, 4) is 0 Å². The maximum Gasteiger partial charge on any atom is -0.0292 e. The Morgan fingerprint density at radius 1 is 1.00 bits per heavy atom. The van der Waals surface area contributed by atoms with Crippen molar-refractivity contribution >= 4 is 0 Å². The van der Waals surface area contributed by atoms with Crippen molar-refractivity contribution in [3.05, 3.63) is 11.6 Å². The Balaban J connectivity index is 1.86. The van der Waals surface area contributed by atoms with Crippen molar-refractivity contribution in [2.75, 3.05) is 0 Å². The van der Waals surface area contributed by atoms with Gasteiger partial charge in [0, 0.05) is 0 Å². The molecule has 0 aliphatic heterocycles. The van der Waals surface area contributed by atoms with E-state index < -0.39 is 0 Å². The van der Waals surface area contributed by atoms with Crippen LogP contribution in [0.1, 0.15) is 58.8 Å². The van der Waals surface area contributed by atoms with Crippen LogP contribution in [-0.4, -0.2) is 0 Å². The van der Waals surface area contributed by atoms with E-state index in [1.165, 1.54) is 44.9 Å². The van der Waals surface area contributed by atoms with E-state index in [1.54, 1.807) is 5.57 Å². The molecule has 14 heavy (non-hydrogen) atoms. The molecular weight excluding hydrogens is 168 g/mol. The first-order chi connectivity index (χ1) is 6.75. The zero-order chi connectivity index (χ0) is 9.97. The summed E-state index contributed by atoms with van der Waals surface area (Å²) in [7, 11) is 0. The Hall–Kier alpha value is -0.260. The van der Waals surface area contributed by atoms with E-state index in [1.807, 2.05) is 0 Å². The van der Waals surface area contributed by atoms with E-state index in [2.05, 4.69) is 19.9 Å². The minimum atomic E-state index is 1.01. The molecule has 1 atom stereocenters. The molecule has 0 aromatic heterocycles. The van der Waals surface area contributed by atoms with Crippen LogP contribution in [0, 0.1) is 17.8 Å². The zero-order valence-electron chi connectivity index (χ0n) is 9.76. The van der Waals surface area contributed by atoms with Crippen LogP contribution in [0.2, 0.25) is 0 Å². The average Bonchev–Trinajstić information content (AvgIpc) is 2.19. The Morgan fingerprint density at radius 2 is 1.71 bits per heavy atom. The van der Waals surface area contributed by atoms with E-state index in [0.717, 1.165) is 17.8 Å². The molecule has 0 aromatic rings. The van der Waals surface area contributed by atoms with Gasteiger partial charge in [-0.3, -0.25) is 0 Å². The molecule has 0 aromatic carbocycles. The van der Waals surface area contributed by atoms with Crippen molar-refractivity contribution in [1.29, 1.82) is 0 Å². The second-order valence-electron chi connectivity index (χ2n) is 5.61. The summed E-state index contributed by atoms with van der Waals surface area (Å²) in [6.45, 7) is 4.74. The Morgan fingerprint density at radius 3 is 2.36 bits per heavy atom. The maximum atomic E-state index is 2.45. The molecule has 2 rings (SSSR count). The number of hydrogen-bond donors (Lipinski definition) is 0. The van der Waals surface area contributed by atoms with Gasteiger partial charge >= 0.3 is 0 Å². The molecule has 0 radical (unpaired) electrons. The van der Waals surface area contributed by atoms with E-state index in [4.69, 9.17) is 0 Å². The molecule has 1 saturated carbocycles. The lowest BCUT2D eigenvalue weighted by Crippen LogP contribution is -2.22. The molecule has 0 amide bonds. The summed E-state index contributed by atoms with van der Waals surface area (Å²) in [4.78, 5) is 0. The van der Waals surface area contributed by atoms with Crippen LogP contribution >= 0.6 is 0 Å². The largest absolute Gasteiger partial charge is 0.0856 e. The smallest absolute Gasteiger partial charge is 0.0292 e. The zero-order valence-corrected chi connectivity index (χ0v) is 9.76. The van der Waals surface area contributed by atoms with E-state index in [9.17, 15) is 0 Å². The van der Waals surface area contributed by atoms with Gasteiger partial charge in [-0.15, -0.1) is 0 Å². The highest BCUT2D eigenvalue weighted by Gasteiger charge is 2.26. The lowest BCUT2D eigenvalue weighted by Gasteiger charge is -2.34. The molecule has 0 saturated heterocycles. The van der Waals surface area contributed by atoms with Gasteiger partial charge < -0.3 is 0 Å². The van der Waals surface area contributed by atoms with E-state index in [-0.39, 0.29) is 0 Å². The van der Waals surface area contributed by atoms with Crippen molar-refractivity contribution < 1.29 is 0 Å². The summed E-state index contributed by atoms with van der Waals surface area (Å²) in [6, 6.07) is 0. The summed E-state index contributed by atoms with van der Waals surface area (Å²) in [5.74, 6) is 3.11. The van der Waals surface area contributed by atoms with Crippen LogP contribution in [0.3, 0.4) is 0 Å². The highest BCUT2D eigenvalue weighted by atomic mass is 14.3. The topological polar surface area (TPSA) is 0 Å². The van der Waals surface area contributed by atoms with Crippen LogP contribution in [0.25, 0.3) is 0 Å². The van der Waals surface area contributed by atoms with Crippen LogP contribution in [0.4, 0.5) is 0 Å². The van der Waals surface area contributed by atoms with Gasteiger partial charge in [0.2, 0.25) is 0 Å². The number of hydrogen-bond acceptors (Lipinski definition) is 0. The molecule has 0 heteroatoms. The van der Waals surface area contributed by atoms with Crippen molar-refractivity contribution in [2.24, 2.45) is 17.8 Å². The Kier molecular flexibility index (Phi) is 3.30. The SMILES string of the molecule is CC1=CCCC(C2CCC(C)CC2)C1. The van der Waals surface area contributed by atoms with Crippen molar-refractivity contribution in [2.45, 2.75) is 58.8 Å². The first-order valence-electron chi connectivity index (χ1n) is 6.41. The van der Waals surface area contributed by atoms with Crippen LogP contribution in [-0.2, 0) is 0 Å². The fourth-order valence-corrected chi connectivity index (χ4v) is 3.30. The second kappa shape index (κ2) is 4.51. The predicted octanol–water partition coefficient (Wildman–Crippen LogP) is 4.56. The molecule has 2 aliphatic carbocycles. The molecular formula is C14H24. The highest BCUT2D eigenvalue weighted by Crippen LogP contribution is 2.39. The first kappa shape index (κ1) is 10.3. The predicted molar refractivity (Wildman–Crippen MR) is 62.2 cm³/mol. The van der Waals surface area contributed by atoms with Crippen LogP contribution < -0.4 is 0 Å². The van der Waals surface area contributed by atoms with Crippen LogP contribution in [0.15, 0.2) is 11.6 Å². The fraction of sp³-hybridized carbons (Fsp3) is 0.857. The fourth-order valence-electron chi connectivity index (χ4n) is 3.30. The summed E-state index contributed by atoms with van der Waals surface area (Å²) >= 11 is 0. The molecule has 0 N–H and O–H groups in total. The minimum absolute atomic E-state index is 1.01. The van der Waals surface area contributed by atoms with Gasteiger partial charge in [0.25, 0.3) is 0 Å². The molecule has 1 fully saturated rings.